The minimum atomic E-state index is -0.731. The molecule has 0 radical (unpaired) electrons. The summed E-state index contributed by atoms with van der Waals surface area (Å²) in [7, 11) is 1.57. The first-order valence-corrected chi connectivity index (χ1v) is 13.8. The summed E-state index contributed by atoms with van der Waals surface area (Å²) >= 11 is 4.65. The second-order valence-corrected chi connectivity index (χ2v) is 10.3. The molecule has 1 aliphatic rings. The van der Waals surface area contributed by atoms with E-state index in [2.05, 4.69) is 20.9 Å². The summed E-state index contributed by atoms with van der Waals surface area (Å²) in [6.07, 6.45) is 1.71. The van der Waals surface area contributed by atoms with Crippen molar-refractivity contribution in [3.05, 3.63) is 83.0 Å². The van der Waals surface area contributed by atoms with Gasteiger partial charge in [-0.25, -0.2) is 9.79 Å². The van der Waals surface area contributed by atoms with E-state index in [-0.39, 0.29) is 17.9 Å². The van der Waals surface area contributed by atoms with Gasteiger partial charge in [0.15, 0.2) is 16.3 Å². The zero-order chi connectivity index (χ0) is 28.3. The van der Waals surface area contributed by atoms with E-state index < -0.39 is 18.0 Å². The summed E-state index contributed by atoms with van der Waals surface area (Å²) in [5, 5.41) is 0. The standard InChI is InChI=1S/C28H27BrN2O7S/c1-6-36-21-13-17(12-20(29)25(21)38-16(4)32)14-22-26(33)31-24(18-8-10-19(35-5)11-9-18)23(27(34)37-7-2)15(3)30-28(31)39-22/h8-14,24H,6-7H2,1-5H3/b22-14-/t24-/m0/s1. The van der Waals surface area contributed by atoms with Crippen LogP contribution in [0.25, 0.3) is 6.08 Å². The largest absolute Gasteiger partial charge is 0.497 e. The number of rotatable bonds is 8. The molecular formula is C28H27BrN2O7S. The van der Waals surface area contributed by atoms with E-state index in [0.29, 0.717) is 54.3 Å². The van der Waals surface area contributed by atoms with Crippen LogP contribution in [-0.2, 0) is 14.3 Å². The van der Waals surface area contributed by atoms with Gasteiger partial charge in [0.1, 0.15) is 5.75 Å². The average Bonchev–Trinajstić information content (AvgIpc) is 3.19. The summed E-state index contributed by atoms with van der Waals surface area (Å²) in [5.74, 6) is 0.261. The number of benzene rings is 2. The minimum Gasteiger partial charge on any atom is -0.497 e. The molecule has 9 nitrogen and oxygen atoms in total. The molecule has 1 atom stereocenters. The van der Waals surface area contributed by atoms with Gasteiger partial charge in [0.05, 0.1) is 46.6 Å². The Balaban J connectivity index is 1.91. The fraction of sp³-hybridized carbons (Fsp3) is 0.286. The highest BCUT2D eigenvalue weighted by molar-refractivity contribution is 9.10. The van der Waals surface area contributed by atoms with E-state index in [4.69, 9.17) is 18.9 Å². The van der Waals surface area contributed by atoms with E-state index in [1.54, 1.807) is 51.3 Å². The molecule has 0 saturated carbocycles. The fourth-order valence-corrected chi connectivity index (χ4v) is 5.81. The summed E-state index contributed by atoms with van der Waals surface area (Å²) in [4.78, 5) is 43.5. The smallest absolute Gasteiger partial charge is 0.338 e. The number of hydrogen-bond acceptors (Lipinski definition) is 9. The number of aromatic nitrogens is 1. The number of methoxy groups -OCH3 is 1. The van der Waals surface area contributed by atoms with Crippen LogP contribution in [0.5, 0.6) is 17.2 Å². The first kappa shape index (κ1) is 28.3. The third kappa shape index (κ3) is 5.84. The van der Waals surface area contributed by atoms with Gasteiger partial charge in [0, 0.05) is 6.92 Å². The Morgan fingerprint density at radius 2 is 1.87 bits per heavy atom. The van der Waals surface area contributed by atoms with Crippen LogP contribution >= 0.6 is 27.3 Å². The van der Waals surface area contributed by atoms with Crippen LogP contribution in [-0.4, -0.2) is 36.8 Å². The SMILES string of the molecule is CCOC(=O)C1=C(C)N=c2s/c(=C\c3cc(Br)c(OC(C)=O)c(OCC)c3)c(=O)n2[C@H]1c1ccc(OC)cc1. The lowest BCUT2D eigenvalue weighted by molar-refractivity contribution is -0.139. The van der Waals surface area contributed by atoms with Gasteiger partial charge in [-0.3, -0.25) is 14.2 Å². The monoisotopic (exact) mass is 614 g/mol. The van der Waals surface area contributed by atoms with E-state index in [1.165, 1.54) is 22.8 Å². The number of ether oxygens (including phenoxy) is 4. The van der Waals surface area contributed by atoms with Crippen molar-refractivity contribution in [2.45, 2.75) is 33.7 Å². The third-order valence-corrected chi connectivity index (χ3v) is 7.40. The molecule has 0 N–H and O–H groups in total. The molecule has 1 aromatic heterocycles. The molecule has 1 aliphatic heterocycles. The number of allylic oxidation sites excluding steroid dienone is 1. The minimum absolute atomic E-state index is 0.190. The number of esters is 2. The van der Waals surface area contributed by atoms with Gasteiger partial charge in [-0.15, -0.1) is 0 Å². The molecule has 11 heteroatoms. The Kier molecular flexibility index (Phi) is 8.71. The van der Waals surface area contributed by atoms with Crippen molar-refractivity contribution in [1.82, 2.24) is 4.57 Å². The zero-order valence-corrected chi connectivity index (χ0v) is 24.5. The van der Waals surface area contributed by atoms with Gasteiger partial charge in [0.25, 0.3) is 5.56 Å². The summed E-state index contributed by atoms with van der Waals surface area (Å²) < 4.78 is 24.0. The maximum absolute atomic E-state index is 13.8. The molecule has 0 bridgehead atoms. The van der Waals surface area contributed by atoms with Crippen molar-refractivity contribution in [3.8, 4) is 17.2 Å². The zero-order valence-electron chi connectivity index (χ0n) is 22.1. The third-order valence-electron chi connectivity index (χ3n) is 5.82. The first-order chi connectivity index (χ1) is 18.7. The van der Waals surface area contributed by atoms with Crippen LogP contribution in [0.15, 0.2) is 61.9 Å². The van der Waals surface area contributed by atoms with Crippen LogP contribution in [0.1, 0.15) is 44.9 Å². The second kappa shape index (κ2) is 12.0. The Labute approximate surface area is 237 Å². The number of carbonyl (C=O) groups excluding carboxylic acids is 2. The molecule has 0 unspecified atom stereocenters. The first-order valence-electron chi connectivity index (χ1n) is 12.2. The van der Waals surface area contributed by atoms with E-state index in [1.807, 2.05) is 19.1 Å². The molecule has 3 aromatic rings. The molecule has 0 saturated heterocycles. The number of thiazole rings is 1. The van der Waals surface area contributed by atoms with Gasteiger partial charge < -0.3 is 18.9 Å². The van der Waals surface area contributed by atoms with Crippen molar-refractivity contribution >= 4 is 45.3 Å². The number of hydrogen-bond donors (Lipinski definition) is 0. The molecule has 0 fully saturated rings. The van der Waals surface area contributed by atoms with Crippen molar-refractivity contribution in [3.63, 3.8) is 0 Å². The lowest BCUT2D eigenvalue weighted by atomic mass is 9.96. The van der Waals surface area contributed by atoms with Crippen LogP contribution in [0.2, 0.25) is 0 Å². The van der Waals surface area contributed by atoms with E-state index >= 15 is 0 Å². The van der Waals surface area contributed by atoms with E-state index in [9.17, 15) is 14.4 Å². The number of fused-ring (bicyclic) bond motifs is 1. The highest BCUT2D eigenvalue weighted by Gasteiger charge is 2.33. The lowest BCUT2D eigenvalue weighted by Crippen LogP contribution is -2.39. The maximum Gasteiger partial charge on any atom is 0.338 e. The van der Waals surface area contributed by atoms with Crippen LogP contribution in [0.3, 0.4) is 0 Å². The van der Waals surface area contributed by atoms with Gasteiger partial charge in [-0.1, -0.05) is 23.5 Å². The van der Waals surface area contributed by atoms with Crippen LogP contribution in [0, 0.1) is 0 Å². The number of carbonyl (C=O) groups is 2. The van der Waals surface area contributed by atoms with Crippen LogP contribution in [0.4, 0.5) is 0 Å². The topological polar surface area (TPSA) is 105 Å². The summed E-state index contributed by atoms with van der Waals surface area (Å²) in [6, 6.07) is 9.89. The number of nitrogens with zero attached hydrogens (tertiary/aromatic N) is 2. The number of halogens is 1. The Hall–Kier alpha value is -3.70. The Morgan fingerprint density at radius 1 is 1.15 bits per heavy atom. The molecule has 0 amide bonds. The maximum atomic E-state index is 13.8. The van der Waals surface area contributed by atoms with Gasteiger partial charge >= 0.3 is 11.9 Å². The van der Waals surface area contributed by atoms with Gasteiger partial charge in [-0.2, -0.15) is 0 Å². The van der Waals surface area contributed by atoms with Gasteiger partial charge in [0.2, 0.25) is 0 Å². The summed E-state index contributed by atoms with van der Waals surface area (Å²) in [5.41, 5.74) is 1.83. The Bertz CT molecular complexity index is 1640. The molecule has 0 aliphatic carbocycles. The van der Waals surface area contributed by atoms with Crippen molar-refractivity contribution in [1.29, 1.82) is 0 Å². The molecule has 4 rings (SSSR count). The lowest BCUT2D eigenvalue weighted by Gasteiger charge is -2.24. The quantitative estimate of drug-likeness (QED) is 0.280. The molecule has 0 spiro atoms. The molecule has 39 heavy (non-hydrogen) atoms. The second-order valence-electron chi connectivity index (χ2n) is 8.43. The highest BCUT2D eigenvalue weighted by atomic mass is 79.9. The normalized spacial score (nSPS) is 14.9. The van der Waals surface area contributed by atoms with E-state index in [0.717, 1.165) is 0 Å². The fourth-order valence-electron chi connectivity index (χ4n) is 4.22. The predicted molar refractivity (Wildman–Crippen MR) is 150 cm³/mol. The average molecular weight is 616 g/mol. The van der Waals surface area contributed by atoms with Crippen molar-refractivity contribution in [2.24, 2.45) is 4.99 Å². The highest BCUT2D eigenvalue weighted by Crippen LogP contribution is 2.37. The molecular weight excluding hydrogens is 588 g/mol. The Morgan fingerprint density at radius 3 is 2.49 bits per heavy atom. The molecule has 2 aromatic carbocycles. The predicted octanol–water partition coefficient (Wildman–Crippen LogP) is 3.89. The summed E-state index contributed by atoms with van der Waals surface area (Å²) in [6.45, 7) is 7.13. The van der Waals surface area contributed by atoms with Crippen molar-refractivity contribution < 1.29 is 28.5 Å². The van der Waals surface area contributed by atoms with Gasteiger partial charge in [-0.05, 0) is 78.2 Å². The van der Waals surface area contributed by atoms with Crippen LogP contribution < -0.4 is 29.1 Å². The van der Waals surface area contributed by atoms with Crippen molar-refractivity contribution in [2.75, 3.05) is 20.3 Å². The molecule has 2 heterocycles. The molecule has 204 valence electrons.